The standard InChI is InChI=1S/C29H32N10O16S4/c1-44-52-56-26-36-32-21(48-26)10-16(23-34-38-28(50-23)58-54-46-3)8-19(40)30-12-14-5-15(7-18(6-14)25(42)43)13-31-20(41)9-17(24-35-39-29(51-24)59-55-47-4)11-22-33-37-27(49-22)57-53-45-2/h5-7,16-17H,8-13H2,1-4H3,(H,30,40)(H,31,41)(H,42,43). The molecule has 0 radical (unpaired) electrons. The molecule has 2 atom stereocenters. The van der Waals surface area contributed by atoms with Gasteiger partial charge in [0.2, 0.25) is 35.4 Å². The van der Waals surface area contributed by atoms with Crippen LogP contribution in [0, 0.1) is 0 Å². The minimum absolute atomic E-state index is 0.00736. The van der Waals surface area contributed by atoms with Crippen molar-refractivity contribution in [2.45, 2.75) is 71.5 Å². The molecule has 0 spiro atoms. The summed E-state index contributed by atoms with van der Waals surface area (Å²) >= 11 is 2.71. The first-order valence-corrected chi connectivity index (χ1v) is 19.3. The number of nitrogens with zero attached hydrogens (tertiary/aromatic N) is 8. The maximum absolute atomic E-state index is 13.3. The van der Waals surface area contributed by atoms with Crippen LogP contribution in [0.4, 0.5) is 0 Å². The molecule has 30 heteroatoms. The molecule has 4 aromatic heterocycles. The van der Waals surface area contributed by atoms with Crippen LogP contribution in [0.25, 0.3) is 0 Å². The van der Waals surface area contributed by atoms with Gasteiger partial charge in [0.1, 0.15) is 48.2 Å². The van der Waals surface area contributed by atoms with Crippen molar-refractivity contribution in [3.05, 3.63) is 58.5 Å². The van der Waals surface area contributed by atoms with Gasteiger partial charge in [0, 0.05) is 38.8 Å². The van der Waals surface area contributed by atoms with Crippen molar-refractivity contribution in [3.8, 4) is 0 Å². The highest BCUT2D eigenvalue weighted by Gasteiger charge is 2.28. The van der Waals surface area contributed by atoms with Crippen molar-refractivity contribution < 1.29 is 74.0 Å². The number of hydrogen-bond donors (Lipinski definition) is 3. The Labute approximate surface area is 348 Å². The molecule has 0 fully saturated rings. The molecule has 0 saturated heterocycles. The van der Waals surface area contributed by atoms with E-state index in [0.29, 0.717) is 59.3 Å². The number of carboxylic acid groups (broad SMARTS) is 1. The summed E-state index contributed by atoms with van der Waals surface area (Å²) in [6.45, 7) is -0.162. The molecule has 4 heterocycles. The van der Waals surface area contributed by atoms with E-state index in [1.54, 1.807) is 6.07 Å². The van der Waals surface area contributed by atoms with E-state index in [1.807, 2.05) is 0 Å². The van der Waals surface area contributed by atoms with Gasteiger partial charge in [0.05, 0.1) is 45.8 Å². The van der Waals surface area contributed by atoms with E-state index in [1.165, 1.54) is 40.6 Å². The Balaban J connectivity index is 1.23. The van der Waals surface area contributed by atoms with Crippen LogP contribution in [-0.2, 0) is 72.4 Å². The van der Waals surface area contributed by atoms with Crippen molar-refractivity contribution in [1.82, 2.24) is 51.4 Å². The second-order valence-electron chi connectivity index (χ2n) is 11.1. The molecule has 3 N–H and O–H groups in total. The highest BCUT2D eigenvalue weighted by atomic mass is 32.2. The molecule has 2 amide bonds. The van der Waals surface area contributed by atoms with Crippen molar-refractivity contribution in [2.24, 2.45) is 0 Å². The first kappa shape index (κ1) is 45.4. The maximum atomic E-state index is 13.3. The van der Waals surface area contributed by atoms with Crippen LogP contribution in [0.15, 0.2) is 56.8 Å². The number of nitrogens with one attached hydrogen (secondary N) is 2. The summed E-state index contributed by atoms with van der Waals surface area (Å²) in [6, 6.07) is 4.42. The van der Waals surface area contributed by atoms with E-state index in [-0.39, 0.29) is 88.8 Å². The third-order valence-electron chi connectivity index (χ3n) is 7.12. The van der Waals surface area contributed by atoms with Gasteiger partial charge in [0.25, 0.3) is 0 Å². The van der Waals surface area contributed by atoms with Gasteiger partial charge in [-0.1, -0.05) is 26.5 Å². The molecule has 2 unspecified atom stereocenters. The fourth-order valence-corrected chi connectivity index (χ4v) is 6.10. The Morgan fingerprint density at radius 1 is 0.576 bits per heavy atom. The highest BCUT2D eigenvalue weighted by molar-refractivity contribution is 7.94. The van der Waals surface area contributed by atoms with Crippen LogP contribution in [0.3, 0.4) is 0 Å². The molecule has 318 valence electrons. The lowest BCUT2D eigenvalue weighted by Crippen LogP contribution is -2.27. The largest absolute Gasteiger partial charge is 0.478 e. The molecular formula is C29H32N10O16S4. The molecular weight excluding hydrogens is 873 g/mol. The van der Waals surface area contributed by atoms with Gasteiger partial charge in [-0.25, -0.2) is 24.3 Å². The number of hydrogen-bond acceptors (Lipinski definition) is 27. The van der Waals surface area contributed by atoms with Gasteiger partial charge < -0.3 is 33.4 Å². The zero-order valence-corrected chi connectivity index (χ0v) is 34.2. The number of carbonyl (C=O) groups excluding carboxylic acids is 2. The van der Waals surface area contributed by atoms with Crippen molar-refractivity contribution in [1.29, 1.82) is 0 Å². The van der Waals surface area contributed by atoms with E-state index in [9.17, 15) is 19.5 Å². The first-order valence-electron chi connectivity index (χ1n) is 16.4. The molecule has 1 aromatic carbocycles. The highest BCUT2D eigenvalue weighted by Crippen LogP contribution is 2.30. The molecule has 59 heavy (non-hydrogen) atoms. The average Bonchev–Trinajstić information content (AvgIpc) is 4.07. The Morgan fingerprint density at radius 3 is 1.32 bits per heavy atom. The number of carbonyl (C=O) groups is 3. The zero-order valence-electron chi connectivity index (χ0n) is 30.9. The molecule has 0 aliphatic heterocycles. The second kappa shape index (κ2) is 23.8. The van der Waals surface area contributed by atoms with E-state index in [4.69, 9.17) is 35.0 Å². The van der Waals surface area contributed by atoms with Crippen molar-refractivity contribution in [2.75, 3.05) is 28.4 Å². The van der Waals surface area contributed by atoms with Gasteiger partial charge in [0.15, 0.2) is 0 Å². The quantitative estimate of drug-likeness (QED) is 0.0386. The number of aromatic nitrogens is 8. The lowest BCUT2D eigenvalue weighted by molar-refractivity contribution is -0.161. The minimum Gasteiger partial charge on any atom is -0.478 e. The van der Waals surface area contributed by atoms with Crippen LogP contribution in [0.1, 0.15) is 69.7 Å². The maximum Gasteiger partial charge on any atom is 0.335 e. The van der Waals surface area contributed by atoms with Crippen molar-refractivity contribution in [3.63, 3.8) is 0 Å². The number of carboxylic acids is 1. The van der Waals surface area contributed by atoms with Crippen molar-refractivity contribution >= 4 is 66.0 Å². The smallest absolute Gasteiger partial charge is 0.335 e. The third-order valence-corrected chi connectivity index (χ3v) is 9.16. The predicted octanol–water partition coefficient (Wildman–Crippen LogP) is 3.32. The number of rotatable bonds is 27. The molecule has 0 aliphatic carbocycles. The molecule has 0 bridgehead atoms. The van der Waals surface area contributed by atoms with E-state index < -0.39 is 29.6 Å². The van der Waals surface area contributed by atoms with Crippen LogP contribution in [0.5, 0.6) is 0 Å². The van der Waals surface area contributed by atoms with Crippen LogP contribution >= 0.6 is 48.2 Å². The van der Waals surface area contributed by atoms with Gasteiger partial charge in [-0.05, 0) is 23.3 Å². The summed E-state index contributed by atoms with van der Waals surface area (Å²) in [7, 11) is 5.20. The minimum atomic E-state index is -1.23. The number of benzene rings is 1. The molecule has 5 aromatic rings. The Hall–Kier alpha value is -4.73. The van der Waals surface area contributed by atoms with Gasteiger partial charge >= 0.3 is 26.9 Å². The van der Waals surface area contributed by atoms with Crippen LogP contribution < -0.4 is 10.6 Å². The van der Waals surface area contributed by atoms with Crippen LogP contribution in [-0.4, -0.2) is 92.1 Å². The predicted molar refractivity (Wildman–Crippen MR) is 192 cm³/mol. The summed E-state index contributed by atoms with van der Waals surface area (Å²) in [5.41, 5.74) is 0.780. The summed E-state index contributed by atoms with van der Waals surface area (Å²) in [5.74, 6) is -3.27. The normalized spacial score (nSPS) is 12.4. The molecule has 0 saturated carbocycles. The summed E-state index contributed by atoms with van der Waals surface area (Å²) in [6.07, 6.45) is -0.358. The summed E-state index contributed by atoms with van der Waals surface area (Å²) < 4.78 is 41.4. The Kier molecular flexibility index (Phi) is 18.3. The average molecular weight is 905 g/mol. The lowest BCUT2D eigenvalue weighted by atomic mass is 10.00. The zero-order chi connectivity index (χ0) is 42.0. The van der Waals surface area contributed by atoms with E-state index in [2.05, 4.69) is 71.0 Å². The SMILES string of the molecule is COOSc1nnc(CC(CC(=O)NCc2cc(CNC(=O)CC(Cc3nnc(SOOC)o3)c3nnc(SOOC)o3)cc(C(=O)O)c2)c2nnc(SOOC)o2)o1. The number of aromatic carboxylic acids is 1. The van der Waals surface area contributed by atoms with E-state index in [0.717, 1.165) is 0 Å². The first-order chi connectivity index (χ1) is 28.7. The fraction of sp³-hybridized carbons (Fsp3) is 0.414. The van der Waals surface area contributed by atoms with E-state index >= 15 is 0 Å². The molecule has 5 rings (SSSR count). The topological polar surface area (TPSA) is 325 Å². The fourth-order valence-electron chi connectivity index (χ4n) is 4.80. The molecule has 0 aliphatic rings. The monoisotopic (exact) mass is 904 g/mol. The number of amides is 2. The van der Waals surface area contributed by atoms with Gasteiger partial charge in [-0.15, -0.1) is 20.4 Å². The van der Waals surface area contributed by atoms with Gasteiger partial charge in [-0.3, -0.25) is 9.59 Å². The molecule has 26 nitrogen and oxygen atoms in total. The van der Waals surface area contributed by atoms with Gasteiger partial charge in [-0.2, -0.15) is 17.3 Å². The second-order valence-corrected chi connectivity index (χ2v) is 13.7. The van der Waals surface area contributed by atoms with Crippen LogP contribution in [0.2, 0.25) is 0 Å². The Bertz CT molecular complexity index is 1970. The lowest BCUT2D eigenvalue weighted by Gasteiger charge is -2.14. The third kappa shape index (κ3) is 14.8. The summed E-state index contributed by atoms with van der Waals surface area (Å²) in [5, 5.41) is 46.9. The Morgan fingerprint density at radius 2 is 0.949 bits per heavy atom. The summed E-state index contributed by atoms with van der Waals surface area (Å²) in [4.78, 5) is 56.8.